The Balaban J connectivity index is 1.29. The van der Waals surface area contributed by atoms with Gasteiger partial charge in [-0.15, -0.1) is 11.3 Å². The number of thiazole rings is 1. The molecule has 0 spiro atoms. The van der Waals surface area contributed by atoms with Gasteiger partial charge in [0.15, 0.2) is 23.1 Å². The molecule has 2 aliphatic rings. The number of morpholine rings is 1. The molecule has 0 unspecified atom stereocenters. The minimum absolute atomic E-state index is 0.0918. The molecule has 0 radical (unpaired) electrons. The molecule has 1 aliphatic carbocycles. The summed E-state index contributed by atoms with van der Waals surface area (Å²) in [7, 11) is 1.59. The second kappa shape index (κ2) is 12.7. The van der Waals surface area contributed by atoms with Gasteiger partial charge in [0, 0.05) is 12.1 Å². The van der Waals surface area contributed by atoms with Crippen molar-refractivity contribution in [3.05, 3.63) is 52.0 Å². The third-order valence-electron chi connectivity index (χ3n) is 7.72. The summed E-state index contributed by atoms with van der Waals surface area (Å²) in [6, 6.07) is 5.93. The van der Waals surface area contributed by atoms with Crippen LogP contribution < -0.4 is 19.7 Å². The van der Waals surface area contributed by atoms with Gasteiger partial charge in [-0.25, -0.2) is 13.8 Å². The summed E-state index contributed by atoms with van der Waals surface area (Å²) in [5.41, 5.74) is -0.257. The third-order valence-corrected chi connectivity index (χ3v) is 8.73. The van der Waals surface area contributed by atoms with Crippen molar-refractivity contribution in [1.29, 1.82) is 0 Å². The molecule has 3 aromatic rings. The van der Waals surface area contributed by atoms with Crippen LogP contribution in [0.15, 0.2) is 24.3 Å². The average molecular weight is 619 g/mol. The molecule has 2 heterocycles. The topological polar surface area (TPSA) is 100 Å². The van der Waals surface area contributed by atoms with Gasteiger partial charge < -0.3 is 29.2 Å². The van der Waals surface area contributed by atoms with E-state index in [0.717, 1.165) is 49.7 Å². The number of halogens is 2. The maximum atomic E-state index is 14.0. The summed E-state index contributed by atoms with van der Waals surface area (Å²) in [4.78, 5) is 32.7. The van der Waals surface area contributed by atoms with Crippen molar-refractivity contribution >= 4 is 33.4 Å². The second-order valence-corrected chi connectivity index (χ2v) is 13.3. The van der Waals surface area contributed by atoms with Crippen molar-refractivity contribution in [2.75, 3.05) is 46.6 Å². The molecule has 0 saturated carbocycles. The van der Waals surface area contributed by atoms with Crippen LogP contribution in [0.5, 0.6) is 11.5 Å². The van der Waals surface area contributed by atoms with E-state index in [1.807, 2.05) is 12.1 Å². The maximum Gasteiger partial charge on any atom is 0.307 e. The fraction of sp³-hybridized carbons (Fsp3) is 0.516. The van der Waals surface area contributed by atoms with Crippen molar-refractivity contribution in [2.24, 2.45) is 5.41 Å². The molecule has 1 saturated heterocycles. The minimum Gasteiger partial charge on any atom is -0.493 e. The zero-order chi connectivity index (χ0) is 30.8. The predicted molar refractivity (Wildman–Crippen MR) is 157 cm³/mol. The third kappa shape index (κ3) is 7.42. The summed E-state index contributed by atoms with van der Waals surface area (Å²) >= 11 is 1.41. The average Bonchev–Trinajstić information content (AvgIpc) is 3.51. The van der Waals surface area contributed by atoms with Crippen LogP contribution in [0.4, 0.5) is 8.78 Å². The van der Waals surface area contributed by atoms with Crippen molar-refractivity contribution in [2.45, 2.75) is 52.2 Å². The molecule has 2 aromatic carbocycles. The van der Waals surface area contributed by atoms with Crippen LogP contribution >= 0.6 is 11.3 Å². The Morgan fingerprint density at radius 2 is 1.74 bits per heavy atom. The largest absolute Gasteiger partial charge is 0.493 e. The number of benzene rings is 2. The number of nitrogens with one attached hydrogen (secondary N) is 2. The van der Waals surface area contributed by atoms with Crippen molar-refractivity contribution in [3.63, 3.8) is 0 Å². The van der Waals surface area contributed by atoms with Crippen LogP contribution in [0.25, 0.3) is 10.2 Å². The number of esters is 1. The summed E-state index contributed by atoms with van der Waals surface area (Å²) < 4.78 is 51.5. The van der Waals surface area contributed by atoms with Gasteiger partial charge in [0.05, 0.1) is 48.9 Å². The van der Waals surface area contributed by atoms with Gasteiger partial charge >= 0.3 is 5.97 Å². The van der Waals surface area contributed by atoms with E-state index in [4.69, 9.17) is 23.9 Å². The smallest absolute Gasteiger partial charge is 0.307 e. The molecule has 0 atom stereocenters. The van der Waals surface area contributed by atoms with Crippen molar-refractivity contribution < 1.29 is 42.2 Å². The fourth-order valence-electron chi connectivity index (χ4n) is 5.66. The number of quaternary nitrogens is 1. The molecule has 1 fully saturated rings. The Labute approximate surface area is 253 Å². The van der Waals surface area contributed by atoms with E-state index in [0.29, 0.717) is 39.8 Å². The molecular weight excluding hydrogens is 580 g/mol. The molecule has 1 aliphatic heterocycles. The Hall–Kier alpha value is -3.35. The van der Waals surface area contributed by atoms with E-state index in [1.54, 1.807) is 27.9 Å². The highest BCUT2D eigenvalue weighted by molar-refractivity contribution is 7.18. The zero-order valence-electron chi connectivity index (χ0n) is 24.9. The molecule has 1 amide bonds. The molecule has 43 heavy (non-hydrogen) atoms. The quantitative estimate of drug-likeness (QED) is 0.337. The molecular formula is C31H38F2N3O6S+. The number of fused-ring (bicyclic) bond motifs is 2. The molecule has 232 valence electrons. The highest BCUT2D eigenvalue weighted by Crippen LogP contribution is 2.42. The minimum atomic E-state index is -1.24. The Morgan fingerprint density at radius 1 is 1.07 bits per heavy atom. The van der Waals surface area contributed by atoms with Gasteiger partial charge in [0.1, 0.15) is 36.8 Å². The standard InChI is InChI=1S/C31H37F2N3O6S/c1-30(2,3)42-28(37)17-31(15-19-11-21(32)22(33)12-20(19)16-31)29(38)34-18-27-35-23-13-25(24(39-4)14-26(23)43-27)41-10-7-36-5-8-40-9-6-36/h11-14H,5-10,15-18H2,1-4H3,(H,34,38)/p+1. The summed E-state index contributed by atoms with van der Waals surface area (Å²) in [6.45, 7) is 10.2. The number of methoxy groups -OCH3 is 1. The number of hydrogen-bond donors (Lipinski definition) is 2. The van der Waals surface area contributed by atoms with Gasteiger partial charge in [-0.05, 0) is 56.9 Å². The van der Waals surface area contributed by atoms with Crippen molar-refractivity contribution in [1.82, 2.24) is 10.3 Å². The lowest BCUT2D eigenvalue weighted by atomic mass is 9.80. The number of ether oxygens (including phenoxy) is 4. The number of hydrogen-bond acceptors (Lipinski definition) is 8. The van der Waals surface area contributed by atoms with E-state index in [-0.39, 0.29) is 25.8 Å². The number of amides is 1. The molecule has 2 N–H and O–H groups in total. The van der Waals surface area contributed by atoms with E-state index < -0.39 is 34.5 Å². The van der Waals surface area contributed by atoms with Gasteiger partial charge in [-0.3, -0.25) is 9.59 Å². The lowest BCUT2D eigenvalue weighted by molar-refractivity contribution is -0.908. The van der Waals surface area contributed by atoms with E-state index in [2.05, 4.69) is 5.32 Å². The molecule has 12 heteroatoms. The summed E-state index contributed by atoms with van der Waals surface area (Å²) in [6.07, 6.45) is -0.0407. The lowest BCUT2D eigenvalue weighted by Crippen LogP contribution is -3.14. The molecule has 9 nitrogen and oxygen atoms in total. The van der Waals surface area contributed by atoms with Crippen LogP contribution in [-0.2, 0) is 38.4 Å². The SMILES string of the molecule is COc1cc2sc(CNC(=O)C3(CC(=O)OC(C)(C)C)Cc4cc(F)c(F)cc4C3)nc2cc1OCC[NH+]1CCOCC1. The first-order chi connectivity index (χ1) is 20.4. The number of nitrogens with zero attached hydrogens (tertiary/aromatic N) is 1. The number of carbonyl (C=O) groups is 2. The van der Waals surface area contributed by atoms with E-state index in [1.165, 1.54) is 16.2 Å². The van der Waals surface area contributed by atoms with Crippen LogP contribution in [0.3, 0.4) is 0 Å². The van der Waals surface area contributed by atoms with Crippen LogP contribution in [-0.4, -0.2) is 69.0 Å². The van der Waals surface area contributed by atoms with Crippen LogP contribution in [0.1, 0.15) is 43.3 Å². The highest BCUT2D eigenvalue weighted by atomic mass is 32.1. The van der Waals surface area contributed by atoms with Crippen molar-refractivity contribution in [3.8, 4) is 11.5 Å². The van der Waals surface area contributed by atoms with Gasteiger partial charge in [0.2, 0.25) is 5.91 Å². The monoisotopic (exact) mass is 618 g/mol. The Kier molecular flexibility index (Phi) is 9.19. The Bertz CT molecular complexity index is 1470. The fourth-order valence-corrected chi connectivity index (χ4v) is 6.58. The summed E-state index contributed by atoms with van der Waals surface area (Å²) in [5.74, 6) is -1.72. The highest BCUT2D eigenvalue weighted by Gasteiger charge is 2.46. The maximum absolute atomic E-state index is 14.0. The second-order valence-electron chi connectivity index (χ2n) is 12.2. The van der Waals surface area contributed by atoms with Gasteiger partial charge in [-0.1, -0.05) is 0 Å². The van der Waals surface area contributed by atoms with E-state index in [9.17, 15) is 18.4 Å². The molecule has 0 bridgehead atoms. The first kappa shape index (κ1) is 31.1. The first-order valence-corrected chi connectivity index (χ1v) is 15.2. The number of rotatable bonds is 10. The van der Waals surface area contributed by atoms with Crippen LogP contribution in [0.2, 0.25) is 0 Å². The van der Waals surface area contributed by atoms with Gasteiger partial charge in [0.25, 0.3) is 0 Å². The number of aromatic nitrogens is 1. The Morgan fingerprint density at radius 3 is 2.37 bits per heavy atom. The molecule has 1 aromatic heterocycles. The first-order valence-electron chi connectivity index (χ1n) is 14.4. The zero-order valence-corrected chi connectivity index (χ0v) is 25.8. The summed E-state index contributed by atoms with van der Waals surface area (Å²) in [5, 5.41) is 3.58. The number of carbonyl (C=O) groups excluding carboxylic acids is 2. The lowest BCUT2D eigenvalue weighted by Gasteiger charge is -2.28. The molecule has 5 rings (SSSR count). The van der Waals surface area contributed by atoms with E-state index >= 15 is 0 Å². The predicted octanol–water partition coefficient (Wildman–Crippen LogP) is 3.01. The normalized spacial score (nSPS) is 16.6. The van der Waals surface area contributed by atoms with Gasteiger partial charge in [-0.2, -0.15) is 0 Å². The van der Waals surface area contributed by atoms with Crippen LogP contribution in [0, 0.1) is 17.0 Å².